The van der Waals surface area contributed by atoms with Crippen molar-refractivity contribution in [1.29, 1.82) is 0 Å². The van der Waals surface area contributed by atoms with Gasteiger partial charge in [-0.05, 0) is 26.2 Å². The number of hydrogen-bond donors (Lipinski definition) is 1. The van der Waals surface area contributed by atoms with Crippen LogP contribution in [-0.2, 0) is 14.8 Å². The number of thiazole rings is 1. The van der Waals surface area contributed by atoms with E-state index in [4.69, 9.17) is 0 Å². The second-order valence-electron chi connectivity index (χ2n) is 4.39. The van der Waals surface area contributed by atoms with Crippen molar-refractivity contribution >= 4 is 27.3 Å². The smallest absolute Gasteiger partial charge is 0.274 e. The van der Waals surface area contributed by atoms with Crippen molar-refractivity contribution in [2.45, 2.75) is 31.4 Å². The predicted molar refractivity (Wildman–Crippen MR) is 64.2 cm³/mol. The van der Waals surface area contributed by atoms with Gasteiger partial charge in [-0.25, -0.2) is 18.1 Å². The van der Waals surface area contributed by atoms with Crippen molar-refractivity contribution in [1.82, 2.24) is 9.71 Å². The molecule has 1 aromatic heterocycles. The van der Waals surface area contributed by atoms with Gasteiger partial charge in [0.25, 0.3) is 10.0 Å². The molecule has 5 nitrogen and oxygen atoms in total. The van der Waals surface area contributed by atoms with E-state index in [0.717, 1.165) is 17.8 Å². The summed E-state index contributed by atoms with van der Waals surface area (Å²) in [5, 5.41) is 0.676. The summed E-state index contributed by atoms with van der Waals surface area (Å²) in [4.78, 5) is 15.7. The van der Waals surface area contributed by atoms with E-state index in [1.54, 1.807) is 13.8 Å². The lowest BCUT2D eigenvalue weighted by atomic mass is 10.3. The Balaban J connectivity index is 2.19. The summed E-state index contributed by atoms with van der Waals surface area (Å²) in [6, 6.07) is 0. The second-order valence-corrected chi connectivity index (χ2v) is 7.48. The Morgan fingerprint density at radius 2 is 2.06 bits per heavy atom. The van der Waals surface area contributed by atoms with Crippen molar-refractivity contribution in [3.63, 3.8) is 0 Å². The largest absolute Gasteiger partial charge is 0.275 e. The second kappa shape index (κ2) is 4.06. The maximum Gasteiger partial charge on any atom is 0.275 e. The number of aryl methyl sites for hydroxylation is 2. The van der Waals surface area contributed by atoms with Crippen LogP contribution in [-0.4, -0.2) is 19.3 Å². The van der Waals surface area contributed by atoms with Crippen LogP contribution in [0.5, 0.6) is 0 Å². The summed E-state index contributed by atoms with van der Waals surface area (Å²) in [6.07, 6.45) is 0.766. The van der Waals surface area contributed by atoms with E-state index in [0.29, 0.717) is 10.7 Å². The number of aromatic nitrogens is 1. The van der Waals surface area contributed by atoms with Crippen LogP contribution in [0.3, 0.4) is 0 Å². The number of rotatable bonds is 3. The molecule has 1 fully saturated rings. The molecule has 94 valence electrons. The lowest BCUT2D eigenvalue weighted by Gasteiger charge is -2.04. The van der Waals surface area contributed by atoms with Crippen LogP contribution in [0.4, 0.5) is 0 Å². The molecule has 0 aliphatic heterocycles. The fourth-order valence-corrected chi connectivity index (χ4v) is 4.22. The van der Waals surface area contributed by atoms with Gasteiger partial charge < -0.3 is 0 Å². The number of carbonyl (C=O) groups excluding carboxylic acids is 1. The van der Waals surface area contributed by atoms with Gasteiger partial charge in [0.05, 0.1) is 10.7 Å². The lowest BCUT2D eigenvalue weighted by Crippen LogP contribution is -2.32. The molecule has 2 atom stereocenters. The van der Waals surface area contributed by atoms with Crippen LogP contribution in [0.1, 0.15) is 24.0 Å². The Morgan fingerprint density at radius 1 is 1.47 bits per heavy atom. The Bertz CT molecular complexity index is 562. The van der Waals surface area contributed by atoms with Crippen molar-refractivity contribution in [2.75, 3.05) is 0 Å². The summed E-state index contributed by atoms with van der Waals surface area (Å²) < 4.78 is 26.2. The SMILES string of the molecule is Cc1nc(C)c(S(=O)(=O)NC(=O)[C@@H]2C[C@H]2C)s1. The van der Waals surface area contributed by atoms with E-state index in [-0.39, 0.29) is 16.0 Å². The molecular formula is C10H14N2O3S2. The first-order valence-corrected chi connectivity index (χ1v) is 7.62. The summed E-state index contributed by atoms with van der Waals surface area (Å²) >= 11 is 1.08. The van der Waals surface area contributed by atoms with Crippen LogP contribution < -0.4 is 4.72 Å². The fourth-order valence-electron chi connectivity index (χ4n) is 1.70. The number of carbonyl (C=O) groups is 1. The van der Waals surface area contributed by atoms with Crippen molar-refractivity contribution in [2.24, 2.45) is 11.8 Å². The Hall–Kier alpha value is -0.950. The molecule has 1 aromatic rings. The van der Waals surface area contributed by atoms with Crippen LogP contribution >= 0.6 is 11.3 Å². The maximum atomic E-state index is 12.0. The zero-order chi connectivity index (χ0) is 12.8. The monoisotopic (exact) mass is 274 g/mol. The molecule has 1 saturated carbocycles. The zero-order valence-corrected chi connectivity index (χ0v) is 11.5. The standard InChI is InChI=1S/C10H14N2O3S2/c1-5-4-8(5)9(13)12-17(14,15)10-6(2)11-7(3)16-10/h5,8H,4H2,1-3H3,(H,12,13)/t5-,8-/m1/s1. The Morgan fingerprint density at radius 3 is 2.47 bits per heavy atom. The minimum absolute atomic E-state index is 0.136. The van der Waals surface area contributed by atoms with Gasteiger partial charge in [0.15, 0.2) is 4.21 Å². The molecular weight excluding hydrogens is 260 g/mol. The average Bonchev–Trinajstić information content (AvgIpc) is 2.81. The van der Waals surface area contributed by atoms with Gasteiger partial charge in [0.2, 0.25) is 5.91 Å². The normalized spacial score (nSPS) is 23.5. The highest BCUT2D eigenvalue weighted by molar-refractivity contribution is 7.92. The summed E-state index contributed by atoms with van der Waals surface area (Å²) in [7, 11) is -3.74. The van der Waals surface area contributed by atoms with Crippen LogP contribution in [0, 0.1) is 25.7 Å². The fraction of sp³-hybridized carbons (Fsp3) is 0.600. The van der Waals surface area contributed by atoms with E-state index in [1.165, 1.54) is 0 Å². The van der Waals surface area contributed by atoms with Crippen LogP contribution in [0.15, 0.2) is 4.21 Å². The highest BCUT2D eigenvalue weighted by Gasteiger charge is 2.41. The highest BCUT2D eigenvalue weighted by atomic mass is 32.2. The third-order valence-corrected chi connectivity index (χ3v) is 5.82. The van der Waals surface area contributed by atoms with Crippen molar-refractivity contribution in [3.8, 4) is 0 Å². The molecule has 17 heavy (non-hydrogen) atoms. The molecule has 1 N–H and O–H groups in total. The van der Waals surface area contributed by atoms with Gasteiger partial charge in [0, 0.05) is 5.92 Å². The first kappa shape index (κ1) is 12.5. The Labute approximate surface area is 104 Å². The van der Waals surface area contributed by atoms with E-state index in [1.807, 2.05) is 6.92 Å². The zero-order valence-electron chi connectivity index (χ0n) is 9.85. The van der Waals surface area contributed by atoms with Gasteiger partial charge in [-0.1, -0.05) is 6.92 Å². The van der Waals surface area contributed by atoms with E-state index >= 15 is 0 Å². The molecule has 1 heterocycles. The summed E-state index contributed by atoms with van der Waals surface area (Å²) in [5.41, 5.74) is 0.441. The molecule has 0 spiro atoms. The number of amides is 1. The number of sulfonamides is 1. The van der Waals surface area contributed by atoms with Gasteiger partial charge >= 0.3 is 0 Å². The minimum Gasteiger partial charge on any atom is -0.274 e. The Kier molecular flexibility index (Phi) is 2.99. The molecule has 7 heteroatoms. The number of hydrogen-bond acceptors (Lipinski definition) is 5. The minimum atomic E-state index is -3.74. The highest BCUT2D eigenvalue weighted by Crippen LogP contribution is 2.38. The van der Waals surface area contributed by atoms with Crippen molar-refractivity contribution < 1.29 is 13.2 Å². The third kappa shape index (κ3) is 2.50. The molecule has 0 unspecified atom stereocenters. The topological polar surface area (TPSA) is 76.1 Å². The van der Waals surface area contributed by atoms with E-state index in [9.17, 15) is 13.2 Å². The van der Waals surface area contributed by atoms with E-state index < -0.39 is 15.9 Å². The molecule has 1 aliphatic rings. The van der Waals surface area contributed by atoms with Crippen LogP contribution in [0.25, 0.3) is 0 Å². The van der Waals surface area contributed by atoms with Crippen LogP contribution in [0.2, 0.25) is 0 Å². The molecule has 2 rings (SSSR count). The van der Waals surface area contributed by atoms with Gasteiger partial charge in [-0.3, -0.25) is 4.79 Å². The van der Waals surface area contributed by atoms with Gasteiger partial charge in [0.1, 0.15) is 0 Å². The number of nitrogens with zero attached hydrogens (tertiary/aromatic N) is 1. The number of nitrogens with one attached hydrogen (secondary N) is 1. The molecule has 1 amide bonds. The van der Waals surface area contributed by atoms with E-state index in [2.05, 4.69) is 9.71 Å². The molecule has 1 aliphatic carbocycles. The predicted octanol–water partition coefficient (Wildman–Crippen LogP) is 1.22. The van der Waals surface area contributed by atoms with Crippen molar-refractivity contribution in [3.05, 3.63) is 10.7 Å². The first-order chi connectivity index (χ1) is 7.81. The molecule has 0 bridgehead atoms. The van der Waals surface area contributed by atoms with Gasteiger partial charge in [-0.15, -0.1) is 11.3 Å². The lowest BCUT2D eigenvalue weighted by molar-refractivity contribution is -0.120. The molecule has 0 radical (unpaired) electrons. The quantitative estimate of drug-likeness (QED) is 0.899. The first-order valence-electron chi connectivity index (χ1n) is 5.32. The maximum absolute atomic E-state index is 12.0. The third-order valence-electron chi connectivity index (χ3n) is 2.79. The average molecular weight is 274 g/mol. The molecule has 0 aromatic carbocycles. The van der Waals surface area contributed by atoms with Gasteiger partial charge in [-0.2, -0.15) is 0 Å². The summed E-state index contributed by atoms with van der Waals surface area (Å²) in [5.74, 6) is -0.267. The molecule has 0 saturated heterocycles. The summed E-state index contributed by atoms with van der Waals surface area (Å²) in [6.45, 7) is 5.29.